The average molecular weight is 265 g/mol. The molecule has 2 rings (SSSR count). The van der Waals surface area contributed by atoms with Crippen LogP contribution in [0, 0.1) is 5.82 Å². The smallest absolute Gasteiger partial charge is 0.399 e. The van der Waals surface area contributed by atoms with Gasteiger partial charge in [-0.25, -0.2) is 4.39 Å². The molecule has 1 saturated heterocycles. The minimum Gasteiger partial charge on any atom is -0.399 e. The van der Waals surface area contributed by atoms with E-state index in [0.717, 1.165) is 0 Å². The summed E-state index contributed by atoms with van der Waals surface area (Å²) in [5.74, 6) is -0.283. The highest BCUT2D eigenvalue weighted by Gasteiger charge is 2.51. The van der Waals surface area contributed by atoms with Crippen molar-refractivity contribution < 1.29 is 13.7 Å². The molecule has 5 heteroatoms. The third-order valence-corrected chi connectivity index (χ3v) is 3.89. The first-order valence-corrected chi connectivity index (χ1v) is 6.66. The lowest BCUT2D eigenvalue weighted by atomic mass is 9.79. The van der Waals surface area contributed by atoms with E-state index in [2.05, 4.69) is 5.32 Å². The maximum Gasteiger partial charge on any atom is 0.494 e. The summed E-state index contributed by atoms with van der Waals surface area (Å²) >= 11 is 0. The first-order valence-electron chi connectivity index (χ1n) is 6.66. The lowest BCUT2D eigenvalue weighted by molar-refractivity contribution is 0.00578. The first-order chi connectivity index (χ1) is 8.77. The van der Waals surface area contributed by atoms with Crippen LogP contribution in [0.1, 0.15) is 34.6 Å². The van der Waals surface area contributed by atoms with Gasteiger partial charge < -0.3 is 14.6 Å². The number of benzene rings is 1. The molecule has 0 aromatic heterocycles. The molecule has 1 fully saturated rings. The summed E-state index contributed by atoms with van der Waals surface area (Å²) in [6, 6.07) is 5.03. The van der Waals surface area contributed by atoms with Crippen LogP contribution in [0.4, 0.5) is 10.1 Å². The van der Waals surface area contributed by atoms with E-state index in [1.54, 1.807) is 6.07 Å². The minimum atomic E-state index is -0.518. The second kappa shape index (κ2) is 4.80. The Hall–Kier alpha value is -1.07. The van der Waals surface area contributed by atoms with E-state index in [9.17, 15) is 4.39 Å². The van der Waals surface area contributed by atoms with Crippen LogP contribution < -0.4 is 10.8 Å². The fraction of sp³-hybridized carbons (Fsp3) is 0.571. The van der Waals surface area contributed by atoms with Crippen molar-refractivity contribution in [3.05, 3.63) is 24.0 Å². The quantitative estimate of drug-likeness (QED) is 0.852. The molecule has 0 bridgehead atoms. The van der Waals surface area contributed by atoms with Gasteiger partial charge in [-0.15, -0.1) is 0 Å². The normalized spacial score (nSPS) is 20.6. The summed E-state index contributed by atoms with van der Waals surface area (Å²) in [5, 5.41) is 2.97. The molecule has 0 radical (unpaired) electrons. The summed E-state index contributed by atoms with van der Waals surface area (Å²) in [6.45, 7) is 10.5. The van der Waals surface area contributed by atoms with Gasteiger partial charge in [0, 0.05) is 6.54 Å². The van der Waals surface area contributed by atoms with E-state index in [1.807, 2.05) is 40.7 Å². The number of hydrogen-bond acceptors (Lipinski definition) is 3. The molecule has 1 aliphatic heterocycles. The van der Waals surface area contributed by atoms with Gasteiger partial charge in [0.1, 0.15) is 5.82 Å². The van der Waals surface area contributed by atoms with E-state index in [-0.39, 0.29) is 5.82 Å². The Labute approximate surface area is 114 Å². The minimum absolute atomic E-state index is 0.283. The van der Waals surface area contributed by atoms with E-state index in [0.29, 0.717) is 17.7 Å². The van der Waals surface area contributed by atoms with Crippen molar-refractivity contribution in [3.8, 4) is 0 Å². The highest BCUT2D eigenvalue weighted by Crippen LogP contribution is 2.36. The lowest BCUT2D eigenvalue weighted by Crippen LogP contribution is -2.41. The van der Waals surface area contributed by atoms with Crippen molar-refractivity contribution >= 4 is 18.3 Å². The average Bonchev–Trinajstić information content (AvgIpc) is 2.51. The third-order valence-electron chi connectivity index (χ3n) is 3.89. The molecule has 0 saturated carbocycles. The molecular weight excluding hydrogens is 244 g/mol. The van der Waals surface area contributed by atoms with Crippen LogP contribution in [0.3, 0.4) is 0 Å². The molecule has 1 heterocycles. The van der Waals surface area contributed by atoms with Crippen molar-refractivity contribution in [1.29, 1.82) is 0 Å². The topological polar surface area (TPSA) is 30.5 Å². The van der Waals surface area contributed by atoms with Crippen molar-refractivity contribution in [2.24, 2.45) is 0 Å². The van der Waals surface area contributed by atoms with Crippen molar-refractivity contribution in [1.82, 2.24) is 0 Å². The Morgan fingerprint density at radius 3 is 2.21 bits per heavy atom. The van der Waals surface area contributed by atoms with Crippen LogP contribution in [-0.4, -0.2) is 24.9 Å². The van der Waals surface area contributed by atoms with Crippen LogP contribution in [0.25, 0.3) is 0 Å². The SMILES string of the molecule is CCNc1ccc(B2OC(C)(C)C(C)(C)O2)cc1F. The van der Waals surface area contributed by atoms with Gasteiger partial charge in [-0.1, -0.05) is 6.07 Å². The molecule has 0 aliphatic carbocycles. The van der Waals surface area contributed by atoms with Crippen molar-refractivity contribution in [3.63, 3.8) is 0 Å². The molecule has 1 aromatic carbocycles. The molecule has 1 aromatic rings. The van der Waals surface area contributed by atoms with Crippen LogP contribution in [0.5, 0.6) is 0 Å². The molecule has 104 valence electrons. The molecule has 0 atom stereocenters. The van der Waals surface area contributed by atoms with Crippen LogP contribution in [-0.2, 0) is 9.31 Å². The fourth-order valence-corrected chi connectivity index (χ4v) is 1.99. The second-order valence-electron chi connectivity index (χ2n) is 5.86. The van der Waals surface area contributed by atoms with Crippen LogP contribution in [0.2, 0.25) is 0 Å². The Balaban J connectivity index is 2.23. The van der Waals surface area contributed by atoms with Gasteiger partial charge in [0.2, 0.25) is 0 Å². The number of rotatable bonds is 3. The van der Waals surface area contributed by atoms with E-state index in [1.165, 1.54) is 6.07 Å². The summed E-state index contributed by atoms with van der Waals surface area (Å²) in [4.78, 5) is 0. The summed E-state index contributed by atoms with van der Waals surface area (Å²) < 4.78 is 25.7. The van der Waals surface area contributed by atoms with Crippen molar-refractivity contribution in [2.45, 2.75) is 45.8 Å². The standard InChI is InChI=1S/C14H21BFNO2/c1-6-17-12-8-7-10(9-11(12)16)15-18-13(2,3)14(4,5)19-15/h7-9,17H,6H2,1-5H3. The summed E-state index contributed by atoms with van der Waals surface area (Å²) in [7, 11) is -0.518. The summed E-state index contributed by atoms with van der Waals surface area (Å²) in [6.07, 6.45) is 0. The van der Waals surface area contributed by atoms with Gasteiger partial charge in [-0.05, 0) is 52.2 Å². The van der Waals surface area contributed by atoms with E-state index < -0.39 is 18.3 Å². The Morgan fingerprint density at radius 2 is 1.74 bits per heavy atom. The Morgan fingerprint density at radius 1 is 1.16 bits per heavy atom. The van der Waals surface area contributed by atoms with Gasteiger partial charge in [-0.3, -0.25) is 0 Å². The number of hydrogen-bond donors (Lipinski definition) is 1. The van der Waals surface area contributed by atoms with Gasteiger partial charge in [0.05, 0.1) is 16.9 Å². The highest BCUT2D eigenvalue weighted by atomic mass is 19.1. The Kier molecular flexibility index (Phi) is 3.62. The molecular formula is C14H21BFNO2. The van der Waals surface area contributed by atoms with Crippen molar-refractivity contribution in [2.75, 3.05) is 11.9 Å². The molecule has 1 N–H and O–H groups in total. The maximum absolute atomic E-state index is 13.9. The molecule has 0 spiro atoms. The maximum atomic E-state index is 13.9. The highest BCUT2D eigenvalue weighted by molar-refractivity contribution is 6.62. The zero-order chi connectivity index (χ0) is 14.3. The largest absolute Gasteiger partial charge is 0.494 e. The van der Waals surface area contributed by atoms with Crippen LogP contribution >= 0.6 is 0 Å². The second-order valence-corrected chi connectivity index (χ2v) is 5.86. The summed E-state index contributed by atoms with van der Waals surface area (Å²) in [5.41, 5.74) is 0.392. The van der Waals surface area contributed by atoms with Gasteiger partial charge in [0.25, 0.3) is 0 Å². The van der Waals surface area contributed by atoms with E-state index in [4.69, 9.17) is 9.31 Å². The number of halogens is 1. The number of nitrogens with one attached hydrogen (secondary N) is 1. The Bertz CT molecular complexity index is 461. The predicted molar refractivity (Wildman–Crippen MR) is 76.3 cm³/mol. The molecule has 0 amide bonds. The monoisotopic (exact) mass is 265 g/mol. The third kappa shape index (κ3) is 2.62. The van der Waals surface area contributed by atoms with Gasteiger partial charge in [-0.2, -0.15) is 0 Å². The molecule has 0 unspecified atom stereocenters. The fourth-order valence-electron chi connectivity index (χ4n) is 1.99. The predicted octanol–water partition coefficient (Wildman–Crippen LogP) is 2.56. The van der Waals surface area contributed by atoms with Gasteiger partial charge >= 0.3 is 7.12 Å². The lowest BCUT2D eigenvalue weighted by Gasteiger charge is -2.32. The molecule has 3 nitrogen and oxygen atoms in total. The van der Waals surface area contributed by atoms with Crippen LogP contribution in [0.15, 0.2) is 18.2 Å². The molecule has 19 heavy (non-hydrogen) atoms. The number of anilines is 1. The zero-order valence-corrected chi connectivity index (χ0v) is 12.2. The van der Waals surface area contributed by atoms with Gasteiger partial charge in [0.15, 0.2) is 0 Å². The first kappa shape index (κ1) is 14.3. The molecule has 1 aliphatic rings. The zero-order valence-electron chi connectivity index (χ0n) is 12.2. The van der Waals surface area contributed by atoms with E-state index >= 15 is 0 Å².